The van der Waals surface area contributed by atoms with Crippen molar-refractivity contribution in [2.75, 3.05) is 26.8 Å². The van der Waals surface area contributed by atoms with Crippen LogP contribution < -0.4 is 5.32 Å². The number of nitrogens with zero attached hydrogens (tertiary/aromatic N) is 1. The molecule has 1 saturated heterocycles. The molecule has 2 rings (SSSR count). The van der Waals surface area contributed by atoms with E-state index in [-0.39, 0.29) is 24.5 Å². The van der Waals surface area contributed by atoms with Crippen molar-refractivity contribution in [2.45, 2.75) is 39.2 Å². The molecule has 25 heavy (non-hydrogen) atoms. The Bertz CT molecular complexity index is 614. The van der Waals surface area contributed by atoms with Crippen LogP contribution in [-0.4, -0.2) is 49.6 Å². The topological polar surface area (TPSA) is 58.6 Å². The number of likely N-dealkylation sites (tertiary alicyclic amines) is 1. The van der Waals surface area contributed by atoms with E-state index in [2.05, 4.69) is 36.5 Å². The molecule has 1 aliphatic heterocycles. The molecule has 1 fully saturated rings. The number of amides is 2. The van der Waals surface area contributed by atoms with E-state index < -0.39 is 0 Å². The fourth-order valence-electron chi connectivity index (χ4n) is 3.01. The summed E-state index contributed by atoms with van der Waals surface area (Å²) in [6, 6.07) is 8.41. The Morgan fingerprint density at radius 1 is 1.24 bits per heavy atom. The number of allylic oxidation sites excluding steroid dienone is 1. The van der Waals surface area contributed by atoms with Crippen molar-refractivity contribution in [2.24, 2.45) is 0 Å². The van der Waals surface area contributed by atoms with Crippen LogP contribution in [0.2, 0.25) is 0 Å². The van der Waals surface area contributed by atoms with Gasteiger partial charge in [0.15, 0.2) is 0 Å². The van der Waals surface area contributed by atoms with Gasteiger partial charge in [-0.2, -0.15) is 0 Å². The highest BCUT2D eigenvalue weighted by Crippen LogP contribution is 2.15. The van der Waals surface area contributed by atoms with E-state index in [0.717, 1.165) is 30.4 Å². The molecule has 0 spiro atoms. The fourth-order valence-corrected chi connectivity index (χ4v) is 3.01. The first-order valence-corrected chi connectivity index (χ1v) is 8.88. The molecule has 0 radical (unpaired) electrons. The maximum atomic E-state index is 12.2. The van der Waals surface area contributed by atoms with Crippen molar-refractivity contribution in [1.29, 1.82) is 0 Å². The normalized spacial score (nSPS) is 16.0. The molecule has 2 amide bonds. The highest BCUT2D eigenvalue weighted by molar-refractivity contribution is 5.95. The number of hydrogen-bond acceptors (Lipinski definition) is 3. The minimum Gasteiger partial charge on any atom is -0.375 e. The van der Waals surface area contributed by atoms with Crippen LogP contribution in [0.3, 0.4) is 0 Å². The molecule has 1 aromatic rings. The average molecular weight is 344 g/mol. The first-order chi connectivity index (χ1) is 12.0. The molecule has 5 nitrogen and oxygen atoms in total. The van der Waals surface area contributed by atoms with E-state index >= 15 is 0 Å². The molecule has 1 heterocycles. The Labute approximate surface area is 150 Å². The Morgan fingerprint density at radius 2 is 1.88 bits per heavy atom. The summed E-state index contributed by atoms with van der Waals surface area (Å²) in [5.74, 6) is -0.0581. The van der Waals surface area contributed by atoms with E-state index in [0.29, 0.717) is 13.1 Å². The molecule has 0 aliphatic carbocycles. The molecule has 1 aromatic carbocycles. The molecular formula is C20H28N2O3. The van der Waals surface area contributed by atoms with Gasteiger partial charge in [0.2, 0.25) is 11.8 Å². The summed E-state index contributed by atoms with van der Waals surface area (Å²) in [5.41, 5.74) is 3.30. The molecule has 0 saturated carbocycles. The fraction of sp³-hybridized carbons (Fsp3) is 0.500. The number of carbonyl (C=O) groups excluding carboxylic acids is 2. The van der Waals surface area contributed by atoms with E-state index in [1.807, 2.05) is 6.92 Å². The van der Waals surface area contributed by atoms with Gasteiger partial charge >= 0.3 is 0 Å². The predicted octanol–water partition coefficient (Wildman–Crippen LogP) is 2.41. The Balaban J connectivity index is 1.84. The van der Waals surface area contributed by atoms with Crippen LogP contribution in [0.5, 0.6) is 0 Å². The van der Waals surface area contributed by atoms with Crippen molar-refractivity contribution in [1.82, 2.24) is 10.2 Å². The SMILES string of the molecule is CCc1ccc(C(C)=CC(=O)NC2CCN(C(=O)COC)CC2)cc1. The van der Waals surface area contributed by atoms with E-state index in [1.165, 1.54) is 12.7 Å². The number of carbonyl (C=O) groups is 2. The highest BCUT2D eigenvalue weighted by atomic mass is 16.5. The number of hydrogen-bond donors (Lipinski definition) is 1. The molecule has 1 N–H and O–H groups in total. The van der Waals surface area contributed by atoms with Crippen LogP contribution >= 0.6 is 0 Å². The van der Waals surface area contributed by atoms with Crippen LogP contribution in [-0.2, 0) is 20.7 Å². The Kier molecular flexibility index (Phi) is 7.19. The lowest BCUT2D eigenvalue weighted by Crippen LogP contribution is -2.47. The largest absolute Gasteiger partial charge is 0.375 e. The zero-order chi connectivity index (χ0) is 18.2. The van der Waals surface area contributed by atoms with Gasteiger partial charge in [0.05, 0.1) is 0 Å². The zero-order valence-corrected chi connectivity index (χ0v) is 15.4. The number of aryl methyl sites for hydroxylation is 1. The van der Waals surface area contributed by atoms with Crippen molar-refractivity contribution >= 4 is 17.4 Å². The Hall–Kier alpha value is -2.14. The summed E-state index contributed by atoms with van der Waals surface area (Å²) in [5, 5.41) is 3.05. The van der Waals surface area contributed by atoms with Crippen molar-refractivity contribution in [3.05, 3.63) is 41.5 Å². The predicted molar refractivity (Wildman–Crippen MR) is 99.1 cm³/mol. The highest BCUT2D eigenvalue weighted by Gasteiger charge is 2.23. The first-order valence-electron chi connectivity index (χ1n) is 8.88. The van der Waals surface area contributed by atoms with Gasteiger partial charge in [-0.15, -0.1) is 0 Å². The second-order valence-corrected chi connectivity index (χ2v) is 6.47. The van der Waals surface area contributed by atoms with Crippen LogP contribution in [0.1, 0.15) is 37.8 Å². The van der Waals surface area contributed by atoms with Gasteiger partial charge in [0.25, 0.3) is 0 Å². The molecule has 0 unspecified atom stereocenters. The molecule has 1 aliphatic rings. The lowest BCUT2D eigenvalue weighted by molar-refractivity contribution is -0.136. The molecule has 5 heteroatoms. The summed E-state index contributed by atoms with van der Waals surface area (Å²) in [7, 11) is 1.52. The molecule has 0 bridgehead atoms. The minimum absolute atomic E-state index is 0.0125. The summed E-state index contributed by atoms with van der Waals surface area (Å²) < 4.78 is 4.88. The quantitative estimate of drug-likeness (QED) is 0.806. The smallest absolute Gasteiger partial charge is 0.248 e. The van der Waals surface area contributed by atoms with Crippen LogP contribution in [0, 0.1) is 0 Å². The minimum atomic E-state index is -0.0706. The number of piperidine rings is 1. The van der Waals surface area contributed by atoms with Crippen LogP contribution in [0.25, 0.3) is 5.57 Å². The molecule has 136 valence electrons. The third-order valence-corrected chi connectivity index (χ3v) is 4.63. The van der Waals surface area contributed by atoms with E-state index in [4.69, 9.17) is 4.74 Å². The van der Waals surface area contributed by atoms with E-state index in [1.54, 1.807) is 11.0 Å². The van der Waals surface area contributed by atoms with Crippen LogP contribution in [0.4, 0.5) is 0 Å². The standard InChI is InChI=1S/C20H28N2O3/c1-4-16-5-7-17(8-6-16)15(2)13-19(23)21-18-9-11-22(12-10-18)20(24)14-25-3/h5-8,13,18H,4,9-12,14H2,1-3H3,(H,21,23). The lowest BCUT2D eigenvalue weighted by atomic mass is 10.0. The molecule has 0 atom stereocenters. The first kappa shape index (κ1) is 19.2. The van der Waals surface area contributed by atoms with Crippen LogP contribution in [0.15, 0.2) is 30.3 Å². The summed E-state index contributed by atoms with van der Waals surface area (Å²) in [6.07, 6.45) is 4.22. The van der Waals surface area contributed by atoms with Gasteiger partial charge in [-0.25, -0.2) is 0 Å². The summed E-state index contributed by atoms with van der Waals surface area (Å²) in [6.45, 7) is 5.52. The Morgan fingerprint density at radius 3 is 2.44 bits per heavy atom. The van der Waals surface area contributed by atoms with Gasteiger partial charge in [-0.05, 0) is 42.9 Å². The number of methoxy groups -OCH3 is 1. The summed E-state index contributed by atoms with van der Waals surface area (Å²) in [4.78, 5) is 25.8. The van der Waals surface area contributed by atoms with Gasteiger partial charge in [-0.1, -0.05) is 31.2 Å². The second-order valence-electron chi connectivity index (χ2n) is 6.47. The van der Waals surface area contributed by atoms with Gasteiger partial charge in [0.1, 0.15) is 6.61 Å². The lowest BCUT2D eigenvalue weighted by Gasteiger charge is -2.32. The average Bonchev–Trinajstić information content (AvgIpc) is 2.62. The molecular weight excluding hydrogens is 316 g/mol. The maximum Gasteiger partial charge on any atom is 0.248 e. The third kappa shape index (κ3) is 5.71. The maximum absolute atomic E-state index is 12.2. The number of rotatable bonds is 6. The zero-order valence-electron chi connectivity index (χ0n) is 15.4. The third-order valence-electron chi connectivity index (χ3n) is 4.63. The second kappa shape index (κ2) is 9.37. The monoisotopic (exact) mass is 344 g/mol. The summed E-state index contributed by atoms with van der Waals surface area (Å²) >= 11 is 0. The van der Waals surface area contributed by atoms with Gasteiger partial charge in [0, 0.05) is 32.3 Å². The van der Waals surface area contributed by atoms with Gasteiger partial charge < -0.3 is 15.0 Å². The van der Waals surface area contributed by atoms with Crippen molar-refractivity contribution in [3.8, 4) is 0 Å². The van der Waals surface area contributed by atoms with Crippen molar-refractivity contribution < 1.29 is 14.3 Å². The number of ether oxygens (including phenoxy) is 1. The van der Waals surface area contributed by atoms with Gasteiger partial charge in [-0.3, -0.25) is 9.59 Å². The molecule has 0 aromatic heterocycles. The number of nitrogens with one attached hydrogen (secondary N) is 1. The van der Waals surface area contributed by atoms with E-state index in [9.17, 15) is 9.59 Å². The number of benzene rings is 1. The van der Waals surface area contributed by atoms with Crippen molar-refractivity contribution in [3.63, 3.8) is 0 Å².